The number of aliphatic hydroxyl groups is 1. The third-order valence-corrected chi connectivity index (χ3v) is 4.77. The van der Waals surface area contributed by atoms with Gasteiger partial charge in [-0.1, -0.05) is 13.3 Å². The minimum absolute atomic E-state index is 0.0664. The highest BCUT2D eigenvalue weighted by Crippen LogP contribution is 2.25. The van der Waals surface area contributed by atoms with Gasteiger partial charge in [0.05, 0.1) is 11.8 Å². The molecule has 1 heterocycles. The van der Waals surface area contributed by atoms with Crippen LogP contribution in [0.15, 0.2) is 0 Å². The summed E-state index contributed by atoms with van der Waals surface area (Å²) in [5.74, 6) is 0.213. The minimum Gasteiger partial charge on any atom is -0.393 e. The topological polar surface area (TPSA) is 67.2 Å². The molecular weight excluding hydrogens is 266 g/mol. The first kappa shape index (κ1) is 16.0. The molecule has 0 aromatic carbocycles. The molecule has 3 atom stereocenters. The minimum atomic E-state index is -0.247. The average Bonchev–Trinajstić information content (AvgIpc) is 2.94. The van der Waals surface area contributed by atoms with Crippen LogP contribution in [0.5, 0.6) is 0 Å². The van der Waals surface area contributed by atoms with Crippen molar-refractivity contribution in [3.63, 3.8) is 0 Å². The van der Waals surface area contributed by atoms with Crippen LogP contribution in [0, 0.1) is 25.7 Å². The van der Waals surface area contributed by atoms with E-state index in [4.69, 9.17) is 0 Å². The number of carbonyl (C=O) groups excluding carboxylic acids is 1. The second-order valence-electron chi connectivity index (χ2n) is 6.38. The van der Waals surface area contributed by atoms with Crippen molar-refractivity contribution in [3.8, 4) is 0 Å². The van der Waals surface area contributed by atoms with Gasteiger partial charge in [0.25, 0.3) is 0 Å². The predicted octanol–water partition coefficient (Wildman–Crippen LogP) is 1.49. The van der Waals surface area contributed by atoms with Gasteiger partial charge in [-0.15, -0.1) is 0 Å². The van der Waals surface area contributed by atoms with Gasteiger partial charge in [-0.25, -0.2) is 0 Å². The van der Waals surface area contributed by atoms with Crippen molar-refractivity contribution >= 4 is 5.91 Å². The van der Waals surface area contributed by atoms with Crippen LogP contribution < -0.4 is 5.32 Å². The first-order valence-corrected chi connectivity index (χ1v) is 7.85. The van der Waals surface area contributed by atoms with Crippen molar-refractivity contribution in [2.45, 2.75) is 52.6 Å². The molecule has 118 valence electrons. The number of rotatable bonds is 5. The molecule has 2 N–H and O–H groups in total. The Morgan fingerprint density at radius 2 is 2.19 bits per heavy atom. The largest absolute Gasteiger partial charge is 0.393 e. The molecule has 3 unspecified atom stereocenters. The molecule has 2 rings (SSSR count). The van der Waals surface area contributed by atoms with E-state index < -0.39 is 0 Å². The highest BCUT2D eigenvalue weighted by molar-refractivity contribution is 5.78. The zero-order chi connectivity index (χ0) is 15.6. The predicted molar refractivity (Wildman–Crippen MR) is 81.9 cm³/mol. The van der Waals surface area contributed by atoms with Crippen LogP contribution in [0.2, 0.25) is 0 Å². The fourth-order valence-corrected chi connectivity index (χ4v) is 3.17. The molecule has 5 nitrogen and oxygen atoms in total. The molecule has 1 aliphatic carbocycles. The standard InChI is InChI=1S/C16H27N3O2/c1-10(8-14-11(2)18-19(4)12(14)3)16(21)17-9-13-6-5-7-15(13)20/h10,13,15,20H,5-9H2,1-4H3,(H,17,21). The van der Waals surface area contributed by atoms with E-state index in [1.807, 2.05) is 32.5 Å². The third-order valence-electron chi connectivity index (χ3n) is 4.77. The number of aromatic nitrogens is 2. The number of hydrogen-bond donors (Lipinski definition) is 2. The normalized spacial score (nSPS) is 23.3. The monoisotopic (exact) mass is 293 g/mol. The zero-order valence-corrected chi connectivity index (χ0v) is 13.5. The second-order valence-corrected chi connectivity index (χ2v) is 6.38. The Labute approximate surface area is 126 Å². The Morgan fingerprint density at radius 3 is 2.71 bits per heavy atom. The molecule has 0 radical (unpaired) electrons. The van der Waals surface area contributed by atoms with E-state index in [1.54, 1.807) is 0 Å². The van der Waals surface area contributed by atoms with Crippen molar-refractivity contribution in [1.29, 1.82) is 0 Å². The van der Waals surface area contributed by atoms with Gasteiger partial charge in [-0.3, -0.25) is 9.48 Å². The van der Waals surface area contributed by atoms with Crippen molar-refractivity contribution < 1.29 is 9.90 Å². The lowest BCUT2D eigenvalue weighted by molar-refractivity contribution is -0.124. The molecule has 0 aliphatic heterocycles. The van der Waals surface area contributed by atoms with Crippen molar-refractivity contribution in [3.05, 3.63) is 17.0 Å². The number of aryl methyl sites for hydroxylation is 2. The molecule has 1 fully saturated rings. The van der Waals surface area contributed by atoms with Crippen LogP contribution in [0.1, 0.15) is 43.1 Å². The van der Waals surface area contributed by atoms with Crippen LogP contribution in [-0.4, -0.2) is 33.4 Å². The number of aliphatic hydroxyl groups excluding tert-OH is 1. The fourth-order valence-electron chi connectivity index (χ4n) is 3.17. The van der Waals surface area contributed by atoms with Crippen molar-refractivity contribution in [2.24, 2.45) is 18.9 Å². The highest BCUT2D eigenvalue weighted by atomic mass is 16.3. The summed E-state index contributed by atoms with van der Waals surface area (Å²) < 4.78 is 1.87. The number of nitrogens with zero attached hydrogens (tertiary/aromatic N) is 2. The molecule has 0 spiro atoms. The van der Waals surface area contributed by atoms with Crippen LogP contribution in [0.4, 0.5) is 0 Å². The van der Waals surface area contributed by atoms with E-state index in [0.717, 1.165) is 30.7 Å². The summed E-state index contributed by atoms with van der Waals surface area (Å²) >= 11 is 0. The molecular formula is C16H27N3O2. The molecule has 21 heavy (non-hydrogen) atoms. The van der Waals surface area contributed by atoms with Crippen LogP contribution in [-0.2, 0) is 18.3 Å². The van der Waals surface area contributed by atoms with Crippen LogP contribution in [0.3, 0.4) is 0 Å². The molecule has 5 heteroatoms. The lowest BCUT2D eigenvalue weighted by Gasteiger charge is -2.17. The van der Waals surface area contributed by atoms with Gasteiger partial charge < -0.3 is 10.4 Å². The van der Waals surface area contributed by atoms with Gasteiger partial charge in [0.2, 0.25) is 5.91 Å². The number of hydrogen-bond acceptors (Lipinski definition) is 3. The van der Waals surface area contributed by atoms with E-state index >= 15 is 0 Å². The summed E-state index contributed by atoms with van der Waals surface area (Å²) in [6.07, 6.45) is 3.40. The summed E-state index contributed by atoms with van der Waals surface area (Å²) in [5.41, 5.74) is 3.29. The number of nitrogens with one attached hydrogen (secondary N) is 1. The molecule has 1 amide bonds. The number of carbonyl (C=O) groups is 1. The number of amides is 1. The van der Waals surface area contributed by atoms with E-state index in [0.29, 0.717) is 13.0 Å². The maximum atomic E-state index is 12.2. The Balaban J connectivity index is 1.87. The Morgan fingerprint density at radius 1 is 1.48 bits per heavy atom. The van der Waals surface area contributed by atoms with E-state index in [9.17, 15) is 9.90 Å². The quantitative estimate of drug-likeness (QED) is 0.864. The Kier molecular flexibility index (Phi) is 5.04. The lowest BCUT2D eigenvalue weighted by atomic mass is 9.98. The Bertz CT molecular complexity index is 510. The second kappa shape index (κ2) is 6.60. The maximum absolute atomic E-state index is 12.2. The first-order chi connectivity index (χ1) is 9.90. The molecule has 0 bridgehead atoms. The fraction of sp³-hybridized carbons (Fsp3) is 0.750. The third kappa shape index (κ3) is 3.64. The Hall–Kier alpha value is -1.36. The van der Waals surface area contributed by atoms with Gasteiger partial charge in [0.15, 0.2) is 0 Å². The zero-order valence-electron chi connectivity index (χ0n) is 13.5. The van der Waals surface area contributed by atoms with Gasteiger partial charge in [-0.05, 0) is 38.7 Å². The van der Waals surface area contributed by atoms with Crippen molar-refractivity contribution in [2.75, 3.05) is 6.54 Å². The van der Waals surface area contributed by atoms with E-state index in [2.05, 4.69) is 10.4 Å². The summed E-state index contributed by atoms with van der Waals surface area (Å²) in [6, 6.07) is 0. The summed E-state index contributed by atoms with van der Waals surface area (Å²) in [7, 11) is 1.93. The lowest BCUT2D eigenvalue weighted by Crippen LogP contribution is -2.36. The summed E-state index contributed by atoms with van der Waals surface area (Å²) in [6.45, 7) is 6.57. The van der Waals surface area contributed by atoms with Crippen LogP contribution in [0.25, 0.3) is 0 Å². The highest BCUT2D eigenvalue weighted by Gasteiger charge is 2.26. The van der Waals surface area contributed by atoms with Crippen molar-refractivity contribution in [1.82, 2.24) is 15.1 Å². The molecule has 1 saturated carbocycles. The summed E-state index contributed by atoms with van der Waals surface area (Å²) in [4.78, 5) is 12.2. The van der Waals surface area contributed by atoms with E-state index in [-0.39, 0.29) is 23.8 Å². The maximum Gasteiger partial charge on any atom is 0.223 e. The van der Waals surface area contributed by atoms with Crippen LogP contribution >= 0.6 is 0 Å². The SMILES string of the molecule is Cc1nn(C)c(C)c1CC(C)C(=O)NCC1CCCC1O. The average molecular weight is 293 g/mol. The first-order valence-electron chi connectivity index (χ1n) is 7.85. The van der Waals surface area contributed by atoms with Gasteiger partial charge in [0, 0.05) is 31.1 Å². The molecule has 1 aliphatic rings. The van der Waals surface area contributed by atoms with Gasteiger partial charge >= 0.3 is 0 Å². The van der Waals surface area contributed by atoms with E-state index in [1.165, 1.54) is 5.56 Å². The summed E-state index contributed by atoms with van der Waals surface area (Å²) in [5, 5.41) is 17.2. The molecule has 1 aromatic rings. The smallest absolute Gasteiger partial charge is 0.223 e. The molecule has 1 aromatic heterocycles. The van der Waals surface area contributed by atoms with Gasteiger partial charge in [0.1, 0.15) is 0 Å². The van der Waals surface area contributed by atoms with Gasteiger partial charge in [-0.2, -0.15) is 5.10 Å². The molecule has 0 saturated heterocycles.